The van der Waals surface area contributed by atoms with Crippen molar-refractivity contribution in [3.8, 4) is 0 Å². The number of nitrogens with one attached hydrogen (secondary N) is 1. The van der Waals surface area contributed by atoms with Crippen LogP contribution in [0.4, 0.5) is 0 Å². The van der Waals surface area contributed by atoms with Crippen molar-refractivity contribution in [1.29, 1.82) is 0 Å². The smallest absolute Gasteiger partial charge is 0.251 e. The Balaban J connectivity index is 2.13. The molecule has 1 unspecified atom stereocenters. The van der Waals surface area contributed by atoms with Gasteiger partial charge in [-0.05, 0) is 73.9 Å². The van der Waals surface area contributed by atoms with Crippen molar-refractivity contribution in [3.05, 3.63) is 70.3 Å². The summed E-state index contributed by atoms with van der Waals surface area (Å²) in [6.45, 7) is 13.4. The van der Waals surface area contributed by atoms with Crippen LogP contribution in [-0.2, 0) is 19.3 Å². The SMILES string of the molecule is CC(C)(C)NC(=O)c1cc2ccc1C([Si](C)(C)C)Cc1ccc(cc1)CC2. The highest BCUT2D eigenvalue weighted by Gasteiger charge is 2.32. The van der Waals surface area contributed by atoms with E-state index in [0.717, 1.165) is 24.8 Å². The molecule has 2 aromatic rings. The van der Waals surface area contributed by atoms with Crippen LogP contribution in [0.2, 0.25) is 19.6 Å². The van der Waals surface area contributed by atoms with E-state index in [-0.39, 0.29) is 11.4 Å². The van der Waals surface area contributed by atoms with Gasteiger partial charge in [0.1, 0.15) is 0 Å². The van der Waals surface area contributed by atoms with Crippen LogP contribution in [0.25, 0.3) is 0 Å². The number of carbonyl (C=O) groups excluding carboxylic acids is 1. The molecule has 2 nitrogen and oxygen atoms in total. The Morgan fingerprint density at radius 2 is 1.48 bits per heavy atom. The lowest BCUT2D eigenvalue weighted by Gasteiger charge is -2.32. The molecule has 3 heteroatoms. The van der Waals surface area contributed by atoms with Crippen molar-refractivity contribution >= 4 is 14.0 Å². The third-order valence-electron chi connectivity index (χ3n) is 5.44. The lowest BCUT2D eigenvalue weighted by Crippen LogP contribution is -2.42. The van der Waals surface area contributed by atoms with Crippen LogP contribution in [0, 0.1) is 0 Å². The summed E-state index contributed by atoms with van der Waals surface area (Å²) >= 11 is 0. The van der Waals surface area contributed by atoms with Gasteiger partial charge in [-0.3, -0.25) is 4.79 Å². The summed E-state index contributed by atoms with van der Waals surface area (Å²) < 4.78 is 0. The van der Waals surface area contributed by atoms with E-state index in [1.54, 1.807) is 0 Å². The molecule has 144 valence electrons. The molecule has 0 heterocycles. The molecule has 0 aromatic heterocycles. The second-order valence-corrected chi connectivity index (χ2v) is 15.5. The Morgan fingerprint density at radius 3 is 2.07 bits per heavy atom. The molecule has 1 atom stereocenters. The Hall–Kier alpha value is -1.87. The minimum atomic E-state index is -1.54. The zero-order chi connectivity index (χ0) is 19.8. The topological polar surface area (TPSA) is 29.1 Å². The highest BCUT2D eigenvalue weighted by Crippen LogP contribution is 2.34. The average Bonchev–Trinajstić information content (AvgIpc) is 2.54. The van der Waals surface area contributed by atoms with Crippen LogP contribution in [0.1, 0.15) is 58.9 Å². The minimum absolute atomic E-state index is 0.0635. The molecule has 6 rings (SSSR count). The fourth-order valence-electron chi connectivity index (χ4n) is 3.92. The maximum absolute atomic E-state index is 13.2. The molecule has 0 spiro atoms. The van der Waals surface area contributed by atoms with Crippen LogP contribution < -0.4 is 5.32 Å². The fourth-order valence-corrected chi connectivity index (χ4v) is 5.95. The number of amides is 1. The van der Waals surface area contributed by atoms with E-state index in [1.807, 2.05) is 20.8 Å². The van der Waals surface area contributed by atoms with Crippen LogP contribution in [0.3, 0.4) is 0 Å². The molecule has 4 aliphatic rings. The summed E-state index contributed by atoms with van der Waals surface area (Å²) in [4.78, 5) is 13.2. The quantitative estimate of drug-likeness (QED) is 0.684. The highest BCUT2D eigenvalue weighted by atomic mass is 28.3. The number of benzene rings is 2. The van der Waals surface area contributed by atoms with Crippen molar-refractivity contribution in [2.24, 2.45) is 0 Å². The van der Waals surface area contributed by atoms with Gasteiger partial charge in [-0.2, -0.15) is 0 Å². The van der Waals surface area contributed by atoms with Crippen LogP contribution in [0.15, 0.2) is 42.5 Å². The second kappa shape index (κ2) is 7.27. The molecule has 0 fully saturated rings. The van der Waals surface area contributed by atoms with Gasteiger partial charge < -0.3 is 5.32 Å². The summed E-state index contributed by atoms with van der Waals surface area (Å²) in [5.41, 5.74) is 6.27. The first-order chi connectivity index (χ1) is 12.5. The van der Waals surface area contributed by atoms with Crippen molar-refractivity contribution < 1.29 is 4.79 Å². The van der Waals surface area contributed by atoms with Gasteiger partial charge in [0.25, 0.3) is 5.91 Å². The van der Waals surface area contributed by atoms with E-state index in [1.165, 1.54) is 22.3 Å². The van der Waals surface area contributed by atoms with Crippen LogP contribution >= 0.6 is 0 Å². The third-order valence-corrected chi connectivity index (χ3v) is 8.04. The monoisotopic (exact) mass is 379 g/mol. The van der Waals surface area contributed by atoms with Gasteiger partial charge in [0, 0.05) is 11.1 Å². The molecular weight excluding hydrogens is 346 g/mol. The number of carbonyl (C=O) groups is 1. The van der Waals surface area contributed by atoms with Crippen molar-refractivity contribution in [2.45, 2.75) is 70.8 Å². The summed E-state index contributed by atoms with van der Waals surface area (Å²) in [7, 11) is -1.54. The van der Waals surface area contributed by atoms with Crippen LogP contribution in [0.5, 0.6) is 0 Å². The van der Waals surface area contributed by atoms with Gasteiger partial charge >= 0.3 is 0 Å². The molecule has 4 bridgehead atoms. The van der Waals surface area contributed by atoms with Gasteiger partial charge in [-0.25, -0.2) is 0 Å². The number of rotatable bonds is 2. The maximum atomic E-state index is 13.2. The Bertz CT molecular complexity index is 825. The zero-order valence-electron chi connectivity index (χ0n) is 17.6. The molecule has 0 aliphatic heterocycles. The van der Waals surface area contributed by atoms with Gasteiger partial charge in [-0.1, -0.05) is 56.0 Å². The summed E-state index contributed by atoms with van der Waals surface area (Å²) in [5.74, 6) is 0.0635. The Labute approximate surface area is 165 Å². The number of hydrogen-bond acceptors (Lipinski definition) is 1. The fraction of sp³-hybridized carbons (Fsp3) is 0.458. The summed E-state index contributed by atoms with van der Waals surface area (Å²) in [5, 5.41) is 3.19. The summed E-state index contributed by atoms with van der Waals surface area (Å²) in [6.07, 6.45) is 2.98. The van der Waals surface area contributed by atoms with E-state index >= 15 is 0 Å². The summed E-state index contributed by atoms with van der Waals surface area (Å²) in [6, 6.07) is 15.7. The molecule has 4 aliphatic carbocycles. The molecule has 1 amide bonds. The molecular formula is C24H33NOSi. The predicted octanol–water partition coefficient (Wildman–Crippen LogP) is 5.52. The first kappa shape index (κ1) is 19.9. The first-order valence-corrected chi connectivity index (χ1v) is 13.6. The van der Waals surface area contributed by atoms with E-state index in [2.05, 4.69) is 67.4 Å². The van der Waals surface area contributed by atoms with Crippen molar-refractivity contribution in [2.75, 3.05) is 0 Å². The van der Waals surface area contributed by atoms with E-state index < -0.39 is 8.07 Å². The average molecular weight is 380 g/mol. The molecule has 0 saturated heterocycles. The lowest BCUT2D eigenvalue weighted by atomic mass is 9.92. The molecule has 1 N–H and O–H groups in total. The minimum Gasteiger partial charge on any atom is -0.347 e. The maximum Gasteiger partial charge on any atom is 0.251 e. The van der Waals surface area contributed by atoms with E-state index in [4.69, 9.17) is 0 Å². The van der Waals surface area contributed by atoms with Gasteiger partial charge in [-0.15, -0.1) is 0 Å². The Morgan fingerprint density at radius 1 is 0.926 bits per heavy atom. The van der Waals surface area contributed by atoms with E-state index in [0.29, 0.717) is 5.54 Å². The standard InChI is InChI=1S/C24H33NOSi/c1-24(2,3)25-23(26)21-15-18-10-7-17-8-11-19(12-9-17)16-22(27(4,5)6)20(21)14-13-18/h8-9,11-15,22H,7,10,16H2,1-6H3,(H,25,26). The molecule has 0 radical (unpaired) electrons. The number of hydrogen-bond donors (Lipinski definition) is 1. The van der Waals surface area contributed by atoms with Gasteiger partial charge in [0.2, 0.25) is 0 Å². The number of aryl methyl sites for hydroxylation is 2. The zero-order valence-corrected chi connectivity index (χ0v) is 18.6. The lowest BCUT2D eigenvalue weighted by molar-refractivity contribution is 0.0918. The molecule has 0 saturated carbocycles. The van der Waals surface area contributed by atoms with E-state index in [9.17, 15) is 4.79 Å². The first-order valence-electron chi connectivity index (χ1n) is 10.1. The largest absolute Gasteiger partial charge is 0.347 e. The van der Waals surface area contributed by atoms with Gasteiger partial charge in [0.05, 0.1) is 8.07 Å². The Kier molecular flexibility index (Phi) is 5.35. The van der Waals surface area contributed by atoms with Gasteiger partial charge in [0.15, 0.2) is 0 Å². The van der Waals surface area contributed by atoms with Crippen molar-refractivity contribution in [1.82, 2.24) is 5.32 Å². The predicted molar refractivity (Wildman–Crippen MR) is 117 cm³/mol. The normalized spacial score (nSPS) is 17.3. The third kappa shape index (κ3) is 4.89. The van der Waals surface area contributed by atoms with Crippen LogP contribution in [-0.4, -0.2) is 19.5 Å². The highest BCUT2D eigenvalue weighted by molar-refractivity contribution is 6.77. The second-order valence-electron chi connectivity index (χ2n) is 10.1. The van der Waals surface area contributed by atoms with Crippen molar-refractivity contribution in [3.63, 3.8) is 0 Å². The molecule has 27 heavy (non-hydrogen) atoms. The molecule has 2 aromatic carbocycles.